The highest BCUT2D eigenvalue weighted by molar-refractivity contribution is 7.14. The molecular weight excluding hydrogens is 392 g/mol. The van der Waals surface area contributed by atoms with Crippen LogP contribution in [0.25, 0.3) is 0 Å². The average Bonchev–Trinajstić information content (AvgIpc) is 3.32. The summed E-state index contributed by atoms with van der Waals surface area (Å²) in [6.45, 7) is 4.45. The van der Waals surface area contributed by atoms with Crippen LogP contribution in [0.3, 0.4) is 0 Å². The summed E-state index contributed by atoms with van der Waals surface area (Å²) in [5, 5.41) is 7.75. The van der Waals surface area contributed by atoms with Gasteiger partial charge in [0.1, 0.15) is 0 Å². The van der Waals surface area contributed by atoms with Gasteiger partial charge in [-0.15, -0.1) is 11.3 Å². The molecule has 2 N–H and O–H groups in total. The molecule has 8 nitrogen and oxygen atoms in total. The number of thiazole rings is 1. The molecule has 0 radical (unpaired) electrons. The normalized spacial score (nSPS) is 18.0. The lowest BCUT2D eigenvalue weighted by Gasteiger charge is -2.37. The van der Waals surface area contributed by atoms with Crippen LogP contribution >= 0.6 is 11.3 Å². The first-order chi connectivity index (χ1) is 14.0. The van der Waals surface area contributed by atoms with Gasteiger partial charge in [-0.1, -0.05) is 12.1 Å². The second kappa shape index (κ2) is 8.48. The molecule has 9 heteroatoms. The van der Waals surface area contributed by atoms with Crippen molar-refractivity contribution in [2.24, 2.45) is 0 Å². The van der Waals surface area contributed by atoms with Gasteiger partial charge >= 0.3 is 6.03 Å². The number of nitrogens with one attached hydrogen (secondary N) is 2. The van der Waals surface area contributed by atoms with Gasteiger partial charge in [-0.25, -0.2) is 9.78 Å². The lowest BCUT2D eigenvalue weighted by atomic mass is 10.0. The Labute approximate surface area is 173 Å². The minimum atomic E-state index is -0.487. The molecule has 3 amide bonds. The number of aryl methyl sites for hydroxylation is 1. The number of carbonyl (C=O) groups excluding carboxylic acids is 2. The largest absolute Gasteiger partial charge is 0.347 e. The zero-order chi connectivity index (χ0) is 20.3. The second-order valence-electron chi connectivity index (χ2n) is 7.26. The number of benzene rings is 1. The van der Waals surface area contributed by atoms with Gasteiger partial charge in [0.05, 0.1) is 25.3 Å². The fourth-order valence-electron chi connectivity index (χ4n) is 3.58. The summed E-state index contributed by atoms with van der Waals surface area (Å²) in [5.74, 6) is -0.460. The zero-order valence-corrected chi connectivity index (χ0v) is 17.1. The molecule has 1 spiro atoms. The van der Waals surface area contributed by atoms with E-state index in [0.717, 1.165) is 5.56 Å². The van der Waals surface area contributed by atoms with Crippen molar-refractivity contribution in [2.45, 2.75) is 32.0 Å². The molecule has 3 heterocycles. The zero-order valence-electron chi connectivity index (χ0n) is 16.3. The number of aromatic nitrogens is 1. The van der Waals surface area contributed by atoms with E-state index in [1.54, 1.807) is 5.38 Å². The molecule has 2 aromatic rings. The summed E-state index contributed by atoms with van der Waals surface area (Å²) < 4.78 is 11.4. The predicted octanol–water partition coefficient (Wildman–Crippen LogP) is 3.00. The van der Waals surface area contributed by atoms with Crippen LogP contribution in [-0.4, -0.2) is 53.9 Å². The van der Waals surface area contributed by atoms with E-state index in [1.165, 1.54) is 11.3 Å². The molecule has 4 rings (SSSR count). The van der Waals surface area contributed by atoms with Crippen LogP contribution in [0, 0.1) is 6.92 Å². The molecule has 2 aliphatic heterocycles. The first-order valence-electron chi connectivity index (χ1n) is 9.66. The number of nitrogens with zero attached hydrogens (tertiary/aromatic N) is 2. The number of ether oxygens (including phenoxy) is 2. The number of carbonyl (C=O) groups is 2. The second-order valence-corrected chi connectivity index (χ2v) is 8.12. The maximum atomic E-state index is 12.6. The SMILES string of the molecule is Cc1cccc(NC(=O)Nc2nc(CC(=O)N3CCC4(CC3)OCCO4)cs2)c1. The minimum absolute atomic E-state index is 0.0268. The molecule has 29 heavy (non-hydrogen) atoms. The van der Waals surface area contributed by atoms with Gasteiger partial charge in [-0.05, 0) is 24.6 Å². The van der Waals surface area contributed by atoms with Crippen LogP contribution in [0.4, 0.5) is 15.6 Å². The van der Waals surface area contributed by atoms with E-state index in [-0.39, 0.29) is 18.4 Å². The highest BCUT2D eigenvalue weighted by atomic mass is 32.1. The Bertz CT molecular complexity index is 884. The van der Waals surface area contributed by atoms with Gasteiger partial charge in [0.25, 0.3) is 0 Å². The van der Waals surface area contributed by atoms with E-state index in [2.05, 4.69) is 15.6 Å². The van der Waals surface area contributed by atoms with Gasteiger partial charge in [0.15, 0.2) is 10.9 Å². The molecular formula is C20H24N4O4S. The monoisotopic (exact) mass is 416 g/mol. The smallest absolute Gasteiger partial charge is 0.325 e. The maximum Gasteiger partial charge on any atom is 0.325 e. The Morgan fingerprint density at radius 1 is 1.21 bits per heavy atom. The quantitative estimate of drug-likeness (QED) is 0.799. The Hall–Kier alpha value is -2.49. The Morgan fingerprint density at radius 2 is 1.97 bits per heavy atom. The highest BCUT2D eigenvalue weighted by Gasteiger charge is 2.40. The summed E-state index contributed by atoms with van der Waals surface area (Å²) in [7, 11) is 0. The summed E-state index contributed by atoms with van der Waals surface area (Å²) in [6, 6.07) is 7.19. The summed E-state index contributed by atoms with van der Waals surface area (Å²) >= 11 is 1.30. The van der Waals surface area contributed by atoms with Crippen LogP contribution in [-0.2, 0) is 20.7 Å². The molecule has 0 bridgehead atoms. The van der Waals surface area contributed by atoms with E-state index in [0.29, 0.717) is 55.7 Å². The number of likely N-dealkylation sites (tertiary alicyclic amines) is 1. The third-order valence-electron chi connectivity index (χ3n) is 5.07. The molecule has 2 saturated heterocycles. The van der Waals surface area contributed by atoms with Gasteiger partial charge in [-0.2, -0.15) is 0 Å². The topological polar surface area (TPSA) is 92.8 Å². The van der Waals surface area contributed by atoms with E-state index < -0.39 is 5.79 Å². The number of amides is 3. The van der Waals surface area contributed by atoms with Crippen molar-refractivity contribution in [3.63, 3.8) is 0 Å². The molecule has 2 aliphatic rings. The number of anilines is 2. The minimum Gasteiger partial charge on any atom is -0.347 e. The fraction of sp³-hybridized carbons (Fsp3) is 0.450. The number of piperidine rings is 1. The van der Waals surface area contributed by atoms with E-state index >= 15 is 0 Å². The summed E-state index contributed by atoms with van der Waals surface area (Å²) in [5.41, 5.74) is 2.43. The van der Waals surface area contributed by atoms with E-state index in [4.69, 9.17) is 9.47 Å². The fourth-order valence-corrected chi connectivity index (χ4v) is 4.28. The van der Waals surface area contributed by atoms with Crippen molar-refractivity contribution in [3.8, 4) is 0 Å². The third-order valence-corrected chi connectivity index (χ3v) is 5.88. The van der Waals surface area contributed by atoms with Crippen molar-refractivity contribution in [1.82, 2.24) is 9.88 Å². The highest BCUT2D eigenvalue weighted by Crippen LogP contribution is 2.31. The van der Waals surface area contributed by atoms with Crippen LogP contribution in [0.1, 0.15) is 24.1 Å². The maximum absolute atomic E-state index is 12.6. The molecule has 0 saturated carbocycles. The van der Waals surface area contributed by atoms with E-state index in [9.17, 15) is 9.59 Å². The number of hydrogen-bond donors (Lipinski definition) is 2. The predicted molar refractivity (Wildman–Crippen MR) is 110 cm³/mol. The van der Waals surface area contributed by atoms with Crippen molar-refractivity contribution in [2.75, 3.05) is 36.9 Å². The molecule has 0 unspecified atom stereocenters. The van der Waals surface area contributed by atoms with Gasteiger partial charge in [0, 0.05) is 37.0 Å². The van der Waals surface area contributed by atoms with Crippen LogP contribution in [0.2, 0.25) is 0 Å². The molecule has 0 atom stereocenters. The van der Waals surface area contributed by atoms with Gasteiger partial charge < -0.3 is 19.7 Å². The first-order valence-corrected chi connectivity index (χ1v) is 10.5. The molecule has 1 aromatic heterocycles. The molecule has 154 valence electrons. The Morgan fingerprint density at radius 3 is 2.69 bits per heavy atom. The summed E-state index contributed by atoms with van der Waals surface area (Å²) in [6.07, 6.45) is 1.61. The van der Waals surface area contributed by atoms with Crippen LogP contribution < -0.4 is 10.6 Å². The van der Waals surface area contributed by atoms with Crippen molar-refractivity contribution in [1.29, 1.82) is 0 Å². The van der Waals surface area contributed by atoms with Crippen LogP contribution in [0.15, 0.2) is 29.6 Å². The molecule has 0 aliphatic carbocycles. The average molecular weight is 417 g/mol. The standard InChI is InChI=1S/C20H24N4O4S/c1-14-3-2-4-15(11-14)21-18(26)23-19-22-16(13-29-19)12-17(25)24-7-5-20(6-8-24)27-9-10-28-20/h2-4,11,13H,5-10,12H2,1H3,(H2,21,22,23,26). The lowest BCUT2D eigenvalue weighted by molar-refractivity contribution is -0.187. The molecule has 2 fully saturated rings. The van der Waals surface area contributed by atoms with Crippen LogP contribution in [0.5, 0.6) is 0 Å². The van der Waals surface area contributed by atoms with Gasteiger partial charge in [0.2, 0.25) is 5.91 Å². The first kappa shape index (κ1) is 19.8. The van der Waals surface area contributed by atoms with Gasteiger partial charge in [-0.3, -0.25) is 10.1 Å². The molecule has 1 aromatic carbocycles. The van der Waals surface area contributed by atoms with E-state index in [1.807, 2.05) is 36.1 Å². The Balaban J connectivity index is 1.26. The van der Waals surface area contributed by atoms with Crippen molar-refractivity contribution in [3.05, 3.63) is 40.9 Å². The number of hydrogen-bond acceptors (Lipinski definition) is 6. The third kappa shape index (κ3) is 4.92. The van der Waals surface area contributed by atoms with Crippen molar-refractivity contribution >= 4 is 34.1 Å². The number of urea groups is 1. The number of rotatable bonds is 4. The Kier molecular flexibility index (Phi) is 5.79. The van der Waals surface area contributed by atoms with Crippen molar-refractivity contribution < 1.29 is 19.1 Å². The summed E-state index contributed by atoms with van der Waals surface area (Å²) in [4.78, 5) is 30.9. The lowest BCUT2D eigenvalue weighted by Crippen LogP contribution is -2.47.